The second-order valence-electron chi connectivity index (χ2n) is 1.29. The smallest absolute Gasteiger partial charge is 0.259 e. The summed E-state index contributed by atoms with van der Waals surface area (Å²) < 4.78 is 0. The first-order valence-electron chi connectivity index (χ1n) is 2.28. The fourth-order valence-electron chi connectivity index (χ4n) is 0.404. The summed E-state index contributed by atoms with van der Waals surface area (Å²) in [6, 6.07) is 0. The van der Waals surface area contributed by atoms with Gasteiger partial charge in [0, 0.05) is 12.4 Å². The SMILES string of the molecule is O=NNc1cnccn1.[Na+]. The molecule has 46 valence electrons. The Labute approximate surface area is 79.5 Å². The molecule has 10 heavy (non-hydrogen) atoms. The van der Waals surface area contributed by atoms with Crippen molar-refractivity contribution in [3.05, 3.63) is 23.5 Å². The van der Waals surface area contributed by atoms with Gasteiger partial charge in [0.25, 0.3) is 0 Å². The van der Waals surface area contributed by atoms with Gasteiger partial charge in [-0.1, -0.05) is 0 Å². The summed E-state index contributed by atoms with van der Waals surface area (Å²) in [5.41, 5.74) is 2.10. The third-order valence-corrected chi connectivity index (χ3v) is 0.723. The van der Waals surface area contributed by atoms with Crippen LogP contribution < -0.4 is 35.0 Å². The van der Waals surface area contributed by atoms with Crippen molar-refractivity contribution in [3.63, 3.8) is 0 Å². The molecule has 0 aliphatic rings. The van der Waals surface area contributed by atoms with E-state index in [0.29, 0.717) is 5.82 Å². The zero-order valence-electron chi connectivity index (χ0n) is 5.48. The molecule has 0 atom stereocenters. The number of rotatable bonds is 2. The van der Waals surface area contributed by atoms with Gasteiger partial charge in [0.05, 0.1) is 11.5 Å². The van der Waals surface area contributed by atoms with Crippen molar-refractivity contribution < 1.29 is 29.6 Å². The Kier molecular flexibility index (Phi) is 5.00. The van der Waals surface area contributed by atoms with Gasteiger partial charge < -0.3 is 0 Å². The predicted molar refractivity (Wildman–Crippen MR) is 31.4 cm³/mol. The number of hydrogen-bond acceptors (Lipinski definition) is 4. The van der Waals surface area contributed by atoms with Crippen LogP contribution in [0.3, 0.4) is 0 Å². The molecule has 0 aliphatic heterocycles. The fourth-order valence-corrected chi connectivity index (χ4v) is 0.404. The maximum absolute atomic E-state index is 9.55. The van der Waals surface area contributed by atoms with Crippen LogP contribution in [0.4, 0.5) is 5.82 Å². The monoisotopic (exact) mass is 147 g/mol. The molecule has 6 heteroatoms. The van der Waals surface area contributed by atoms with Crippen molar-refractivity contribution in [1.29, 1.82) is 0 Å². The van der Waals surface area contributed by atoms with E-state index in [1.807, 2.05) is 0 Å². The normalized spacial score (nSPS) is 7.60. The van der Waals surface area contributed by atoms with E-state index in [4.69, 9.17) is 0 Å². The van der Waals surface area contributed by atoms with Gasteiger partial charge in [0.2, 0.25) is 0 Å². The number of hydrogen-bond donors (Lipinski definition) is 1. The molecule has 0 aromatic carbocycles. The zero-order valence-corrected chi connectivity index (χ0v) is 7.48. The molecule has 0 unspecified atom stereocenters. The molecule has 0 aliphatic carbocycles. The van der Waals surface area contributed by atoms with Crippen molar-refractivity contribution in [2.24, 2.45) is 5.29 Å². The van der Waals surface area contributed by atoms with Gasteiger partial charge >= 0.3 is 29.6 Å². The van der Waals surface area contributed by atoms with Crippen molar-refractivity contribution >= 4 is 5.82 Å². The van der Waals surface area contributed by atoms with E-state index in [1.165, 1.54) is 18.6 Å². The molecule has 0 saturated carbocycles. The minimum absolute atomic E-state index is 0. The van der Waals surface area contributed by atoms with Gasteiger partial charge in [-0.2, -0.15) is 0 Å². The standard InChI is InChI=1S/C4H4N4O.Na/c9-8-7-4-3-5-1-2-6-4;/h1-3H,(H,6,7,9);/q;+1. The van der Waals surface area contributed by atoms with Crippen LogP contribution in [0.15, 0.2) is 23.9 Å². The fraction of sp³-hybridized carbons (Fsp3) is 0. The van der Waals surface area contributed by atoms with E-state index < -0.39 is 0 Å². The molecule has 0 fully saturated rings. The predicted octanol–water partition coefficient (Wildman–Crippen LogP) is -2.43. The molecule has 0 radical (unpaired) electrons. The Balaban J connectivity index is 0.000000810. The summed E-state index contributed by atoms with van der Waals surface area (Å²) >= 11 is 0. The van der Waals surface area contributed by atoms with Crippen molar-refractivity contribution in [3.8, 4) is 0 Å². The number of nitrogens with one attached hydrogen (secondary N) is 1. The summed E-state index contributed by atoms with van der Waals surface area (Å²) in [7, 11) is 0. The first kappa shape index (κ1) is 9.48. The van der Waals surface area contributed by atoms with Crippen molar-refractivity contribution in [2.75, 3.05) is 5.43 Å². The average molecular weight is 147 g/mol. The summed E-state index contributed by atoms with van der Waals surface area (Å²) in [6.07, 6.45) is 4.38. The van der Waals surface area contributed by atoms with Crippen molar-refractivity contribution in [2.45, 2.75) is 0 Å². The number of nitroso groups, excluding NO2 is 1. The number of anilines is 1. The van der Waals surface area contributed by atoms with Gasteiger partial charge in [-0.25, -0.2) is 10.4 Å². The summed E-state index contributed by atoms with van der Waals surface area (Å²) in [5.74, 6) is 0.354. The van der Waals surface area contributed by atoms with Gasteiger partial charge in [0.1, 0.15) is 0 Å². The zero-order chi connectivity index (χ0) is 6.53. The third-order valence-electron chi connectivity index (χ3n) is 0.723. The van der Waals surface area contributed by atoms with Gasteiger partial charge in [-0.3, -0.25) is 4.98 Å². The Hall–Kier alpha value is -0.520. The molecule has 1 rings (SSSR count). The maximum atomic E-state index is 9.55. The second kappa shape index (κ2) is 5.28. The van der Waals surface area contributed by atoms with Gasteiger partial charge in [-0.15, -0.1) is 4.91 Å². The summed E-state index contributed by atoms with van der Waals surface area (Å²) in [6.45, 7) is 0. The first-order valence-corrected chi connectivity index (χ1v) is 2.28. The van der Waals surface area contributed by atoms with Crippen LogP contribution in [0.25, 0.3) is 0 Å². The Morgan fingerprint density at radius 2 is 2.30 bits per heavy atom. The van der Waals surface area contributed by atoms with Crippen LogP contribution in [0.2, 0.25) is 0 Å². The Morgan fingerprint density at radius 3 is 2.80 bits per heavy atom. The average Bonchev–Trinajstić information content (AvgIpc) is 1.91. The van der Waals surface area contributed by atoms with Gasteiger partial charge in [-0.05, 0) is 0 Å². The molecule has 0 spiro atoms. The quantitative estimate of drug-likeness (QED) is 0.287. The molecule has 0 saturated heterocycles. The third kappa shape index (κ3) is 2.86. The minimum atomic E-state index is 0. The first-order chi connectivity index (χ1) is 4.43. The molecule has 0 amide bonds. The Morgan fingerprint density at radius 1 is 1.50 bits per heavy atom. The van der Waals surface area contributed by atoms with Crippen molar-refractivity contribution in [1.82, 2.24) is 9.97 Å². The van der Waals surface area contributed by atoms with Crippen LogP contribution in [0.1, 0.15) is 0 Å². The van der Waals surface area contributed by atoms with Crippen LogP contribution in [-0.4, -0.2) is 9.97 Å². The number of nitrogens with zero attached hydrogens (tertiary/aromatic N) is 3. The molecule has 0 bridgehead atoms. The van der Waals surface area contributed by atoms with E-state index >= 15 is 0 Å². The molecular formula is C4H4N4NaO+. The summed E-state index contributed by atoms with van der Waals surface area (Å²) in [5, 5.41) is 2.40. The molecular weight excluding hydrogens is 143 g/mol. The van der Waals surface area contributed by atoms with Crippen LogP contribution in [0, 0.1) is 4.91 Å². The van der Waals surface area contributed by atoms with E-state index in [0.717, 1.165) is 0 Å². The molecule has 5 nitrogen and oxygen atoms in total. The maximum Gasteiger partial charge on any atom is 1.00 e. The largest absolute Gasteiger partial charge is 1.00 e. The van der Waals surface area contributed by atoms with E-state index in [2.05, 4.69) is 20.7 Å². The Bertz CT molecular complexity index is 192. The second-order valence-corrected chi connectivity index (χ2v) is 1.29. The topological polar surface area (TPSA) is 67.2 Å². The van der Waals surface area contributed by atoms with Crippen LogP contribution >= 0.6 is 0 Å². The van der Waals surface area contributed by atoms with Gasteiger partial charge in [0.15, 0.2) is 5.82 Å². The van der Waals surface area contributed by atoms with Crippen LogP contribution in [-0.2, 0) is 0 Å². The molecule has 1 aromatic heterocycles. The summed E-state index contributed by atoms with van der Waals surface area (Å²) in [4.78, 5) is 16.9. The molecule has 1 N–H and O–H groups in total. The number of aromatic nitrogens is 2. The van der Waals surface area contributed by atoms with E-state index in [9.17, 15) is 4.91 Å². The minimum Gasteiger partial charge on any atom is -0.259 e. The van der Waals surface area contributed by atoms with Crippen LogP contribution in [0.5, 0.6) is 0 Å². The van der Waals surface area contributed by atoms with E-state index in [-0.39, 0.29) is 29.6 Å². The van der Waals surface area contributed by atoms with E-state index in [1.54, 1.807) is 0 Å². The molecule has 1 aromatic rings. The molecule has 1 heterocycles.